The first kappa shape index (κ1) is 22.0. The summed E-state index contributed by atoms with van der Waals surface area (Å²) in [6.07, 6.45) is 0. The van der Waals surface area contributed by atoms with Crippen LogP contribution in [0, 0.1) is 10.1 Å². The molecule has 0 atom stereocenters. The predicted molar refractivity (Wildman–Crippen MR) is 117 cm³/mol. The Balaban J connectivity index is 1.85. The largest absolute Gasteiger partial charge is 0.497 e. The first-order chi connectivity index (χ1) is 14.5. The molecule has 0 radical (unpaired) electrons. The van der Waals surface area contributed by atoms with Crippen LogP contribution in [0.3, 0.4) is 0 Å². The number of thiazole rings is 1. The maximum Gasteiger partial charge on any atom is 0.271 e. The van der Waals surface area contributed by atoms with Crippen LogP contribution in [0.4, 0.5) is 5.69 Å². The number of nitro groups is 1. The van der Waals surface area contributed by atoms with E-state index in [1.54, 1.807) is 17.7 Å². The van der Waals surface area contributed by atoms with Crippen LogP contribution >= 0.6 is 23.1 Å². The molecule has 1 amide bonds. The second-order valence-electron chi connectivity index (χ2n) is 6.11. The number of carbonyl (C=O) groups is 1. The lowest BCUT2D eigenvalue weighted by atomic mass is 10.3. The topological polar surface area (TPSA) is 96.0 Å². The van der Waals surface area contributed by atoms with E-state index >= 15 is 0 Å². The van der Waals surface area contributed by atoms with Gasteiger partial charge in [0.2, 0.25) is 0 Å². The minimum absolute atomic E-state index is 0.00148. The number of ether oxygens (including phenoxy) is 2. The Morgan fingerprint density at radius 2 is 2.03 bits per heavy atom. The molecule has 2 aromatic carbocycles. The second-order valence-corrected chi connectivity index (χ2v) is 8.17. The molecule has 0 bridgehead atoms. The number of aromatic nitrogens is 1. The van der Waals surface area contributed by atoms with Gasteiger partial charge in [-0.25, -0.2) is 0 Å². The van der Waals surface area contributed by atoms with Crippen molar-refractivity contribution in [3.05, 3.63) is 57.4 Å². The molecular weight excluding hydrogens is 426 g/mol. The molecular formula is C20H21N3O5S2. The van der Waals surface area contributed by atoms with E-state index in [-0.39, 0.29) is 17.3 Å². The Morgan fingerprint density at radius 3 is 2.70 bits per heavy atom. The van der Waals surface area contributed by atoms with E-state index in [4.69, 9.17) is 9.47 Å². The maximum atomic E-state index is 12.5. The number of benzene rings is 2. The maximum absolute atomic E-state index is 12.5. The zero-order valence-electron chi connectivity index (χ0n) is 16.6. The number of thioether (sulfide) groups is 1. The van der Waals surface area contributed by atoms with Crippen LogP contribution in [0.25, 0.3) is 10.2 Å². The van der Waals surface area contributed by atoms with E-state index in [1.807, 2.05) is 31.2 Å². The Labute approximate surface area is 181 Å². The number of non-ortho nitro benzene ring substituents is 1. The highest BCUT2D eigenvalue weighted by molar-refractivity contribution is 8.00. The third-order valence-corrected chi connectivity index (χ3v) is 6.24. The van der Waals surface area contributed by atoms with Crippen molar-refractivity contribution in [2.45, 2.75) is 18.4 Å². The van der Waals surface area contributed by atoms with Gasteiger partial charge in [-0.1, -0.05) is 11.3 Å². The second kappa shape index (κ2) is 10.4. The van der Waals surface area contributed by atoms with Crippen molar-refractivity contribution in [1.82, 2.24) is 4.57 Å². The van der Waals surface area contributed by atoms with Crippen molar-refractivity contribution in [3.8, 4) is 5.75 Å². The third-order valence-electron chi connectivity index (χ3n) is 4.18. The van der Waals surface area contributed by atoms with Gasteiger partial charge in [0.1, 0.15) is 5.75 Å². The van der Waals surface area contributed by atoms with Crippen molar-refractivity contribution in [1.29, 1.82) is 0 Å². The van der Waals surface area contributed by atoms with E-state index in [9.17, 15) is 14.9 Å². The first-order valence-electron chi connectivity index (χ1n) is 9.21. The summed E-state index contributed by atoms with van der Waals surface area (Å²) >= 11 is 2.72. The molecule has 3 rings (SSSR count). The number of carbonyl (C=O) groups excluding carboxylic acids is 1. The Kier molecular flexibility index (Phi) is 7.61. The molecule has 1 aromatic heterocycles. The fraction of sp³-hybridized carbons (Fsp3) is 0.300. The number of hydrogen-bond donors (Lipinski definition) is 0. The Hall–Kier alpha value is -2.69. The fourth-order valence-electron chi connectivity index (χ4n) is 2.73. The van der Waals surface area contributed by atoms with Gasteiger partial charge >= 0.3 is 0 Å². The van der Waals surface area contributed by atoms with E-state index in [2.05, 4.69) is 4.99 Å². The molecule has 0 N–H and O–H groups in total. The van der Waals surface area contributed by atoms with Gasteiger partial charge in [0.15, 0.2) is 4.80 Å². The fourth-order valence-corrected chi connectivity index (χ4v) is 4.47. The molecule has 0 aliphatic heterocycles. The summed E-state index contributed by atoms with van der Waals surface area (Å²) in [4.78, 5) is 28.9. The molecule has 0 fully saturated rings. The highest BCUT2D eigenvalue weighted by Gasteiger charge is 2.13. The van der Waals surface area contributed by atoms with Crippen LogP contribution < -0.4 is 9.54 Å². The highest BCUT2D eigenvalue weighted by Crippen LogP contribution is 2.24. The molecule has 0 saturated heterocycles. The molecule has 0 unspecified atom stereocenters. The number of hydrogen-bond acceptors (Lipinski definition) is 7. The quantitative estimate of drug-likeness (QED) is 0.214. The number of methoxy groups -OCH3 is 1. The van der Waals surface area contributed by atoms with Crippen LogP contribution in [0.2, 0.25) is 0 Å². The lowest BCUT2D eigenvalue weighted by Crippen LogP contribution is -2.20. The van der Waals surface area contributed by atoms with E-state index in [0.29, 0.717) is 30.1 Å². The summed E-state index contributed by atoms with van der Waals surface area (Å²) in [5, 5.41) is 11.1. The van der Waals surface area contributed by atoms with E-state index in [0.717, 1.165) is 15.3 Å². The lowest BCUT2D eigenvalue weighted by Gasteiger charge is -2.05. The van der Waals surface area contributed by atoms with Gasteiger partial charge in [-0.05, 0) is 37.3 Å². The molecule has 8 nitrogen and oxygen atoms in total. The van der Waals surface area contributed by atoms with Gasteiger partial charge in [0.25, 0.3) is 11.6 Å². The average Bonchev–Trinajstić information content (AvgIpc) is 3.09. The minimum Gasteiger partial charge on any atom is -0.497 e. The standard InChI is InChI=1S/C20H21N3O5S2/c1-3-28-11-10-22-17-12-14(23(25)26)4-9-18(17)30-20(22)21-19(24)13-29-16-7-5-15(27-2)6-8-16/h4-9,12H,3,10-11,13H2,1-2H3. The van der Waals surface area contributed by atoms with Crippen molar-refractivity contribution < 1.29 is 19.2 Å². The van der Waals surface area contributed by atoms with Crippen molar-refractivity contribution >= 4 is 44.9 Å². The number of amides is 1. The van der Waals surface area contributed by atoms with Crippen LogP contribution in [-0.4, -0.2) is 41.5 Å². The van der Waals surface area contributed by atoms with Crippen molar-refractivity contribution in [3.63, 3.8) is 0 Å². The molecule has 0 aliphatic rings. The highest BCUT2D eigenvalue weighted by atomic mass is 32.2. The van der Waals surface area contributed by atoms with Crippen LogP contribution in [-0.2, 0) is 16.1 Å². The summed E-state index contributed by atoms with van der Waals surface area (Å²) in [6, 6.07) is 12.1. The smallest absolute Gasteiger partial charge is 0.271 e. The Morgan fingerprint density at radius 1 is 1.27 bits per heavy atom. The van der Waals surface area contributed by atoms with Crippen LogP contribution in [0.5, 0.6) is 5.75 Å². The molecule has 3 aromatic rings. The SMILES string of the molecule is CCOCCn1c(=NC(=O)CSc2ccc(OC)cc2)sc2ccc([N+](=O)[O-])cc21. The number of rotatable bonds is 9. The van der Waals surface area contributed by atoms with E-state index < -0.39 is 4.92 Å². The van der Waals surface area contributed by atoms with Gasteiger partial charge in [-0.3, -0.25) is 14.9 Å². The lowest BCUT2D eigenvalue weighted by molar-refractivity contribution is -0.384. The molecule has 30 heavy (non-hydrogen) atoms. The molecule has 0 aliphatic carbocycles. The van der Waals surface area contributed by atoms with Crippen LogP contribution in [0.1, 0.15) is 6.92 Å². The normalized spacial score (nSPS) is 11.7. The summed E-state index contributed by atoms with van der Waals surface area (Å²) < 4.78 is 13.2. The van der Waals surface area contributed by atoms with Gasteiger partial charge in [0, 0.05) is 30.2 Å². The molecule has 0 spiro atoms. The third kappa shape index (κ3) is 5.47. The summed E-state index contributed by atoms with van der Waals surface area (Å²) in [6.45, 7) is 3.33. The summed E-state index contributed by atoms with van der Waals surface area (Å²) in [5.74, 6) is 0.665. The van der Waals surface area contributed by atoms with E-state index in [1.165, 1.54) is 35.2 Å². The predicted octanol–water partition coefficient (Wildman–Crippen LogP) is 3.88. The van der Waals surface area contributed by atoms with Crippen molar-refractivity contribution in [2.75, 3.05) is 26.1 Å². The van der Waals surface area contributed by atoms with Gasteiger partial charge in [0.05, 0.1) is 34.6 Å². The molecule has 158 valence electrons. The number of fused-ring (bicyclic) bond motifs is 1. The summed E-state index contributed by atoms with van der Waals surface area (Å²) in [7, 11) is 1.60. The molecule has 10 heteroatoms. The summed E-state index contributed by atoms with van der Waals surface area (Å²) in [5.41, 5.74) is 0.668. The number of nitrogens with zero attached hydrogens (tertiary/aromatic N) is 3. The monoisotopic (exact) mass is 447 g/mol. The zero-order valence-corrected chi connectivity index (χ0v) is 18.2. The van der Waals surface area contributed by atoms with Crippen molar-refractivity contribution in [2.24, 2.45) is 4.99 Å². The van der Waals surface area contributed by atoms with Gasteiger partial charge < -0.3 is 14.0 Å². The Bertz CT molecular complexity index is 1110. The minimum atomic E-state index is -0.433. The average molecular weight is 448 g/mol. The van der Waals surface area contributed by atoms with Gasteiger partial charge in [-0.2, -0.15) is 4.99 Å². The number of nitro benzene ring substituents is 1. The van der Waals surface area contributed by atoms with Crippen LogP contribution in [0.15, 0.2) is 52.4 Å². The van der Waals surface area contributed by atoms with Gasteiger partial charge in [-0.15, -0.1) is 11.8 Å². The molecule has 1 heterocycles. The molecule has 0 saturated carbocycles. The first-order valence-corrected chi connectivity index (χ1v) is 11.0. The zero-order chi connectivity index (χ0) is 21.5.